The molecule has 3 nitrogen and oxygen atoms in total. The molecular formula is C20H21N3S. The Balaban J connectivity index is 1.95. The van der Waals surface area contributed by atoms with E-state index in [9.17, 15) is 0 Å². The molecule has 0 fully saturated rings. The Labute approximate surface area is 148 Å². The Bertz CT molecular complexity index is 833. The zero-order chi connectivity index (χ0) is 17.1. The molecule has 0 atom stereocenters. The SMILES string of the molecule is CN(C)c1ccc(N=C2C=C(c3ccccc3)C(N)=CC2)c(S)c1. The third-order valence-corrected chi connectivity index (χ3v) is 4.34. The maximum absolute atomic E-state index is 6.17. The van der Waals surface area contributed by atoms with Crippen LogP contribution in [-0.4, -0.2) is 19.8 Å². The van der Waals surface area contributed by atoms with Crippen molar-refractivity contribution in [3.63, 3.8) is 0 Å². The minimum absolute atomic E-state index is 0.727. The van der Waals surface area contributed by atoms with Crippen LogP contribution in [0.15, 0.2) is 76.3 Å². The van der Waals surface area contributed by atoms with Crippen molar-refractivity contribution >= 4 is 35.3 Å². The van der Waals surface area contributed by atoms with Crippen LogP contribution in [0.3, 0.4) is 0 Å². The number of hydrogen-bond donors (Lipinski definition) is 2. The summed E-state index contributed by atoms with van der Waals surface area (Å²) >= 11 is 4.58. The van der Waals surface area contributed by atoms with Gasteiger partial charge in [-0.3, -0.25) is 4.99 Å². The Hall–Kier alpha value is -2.46. The van der Waals surface area contributed by atoms with Gasteiger partial charge in [0.1, 0.15) is 0 Å². The van der Waals surface area contributed by atoms with Crippen LogP contribution in [-0.2, 0) is 0 Å². The monoisotopic (exact) mass is 335 g/mol. The van der Waals surface area contributed by atoms with Crippen LogP contribution >= 0.6 is 12.6 Å². The second kappa shape index (κ2) is 6.97. The van der Waals surface area contributed by atoms with Crippen LogP contribution in [0.5, 0.6) is 0 Å². The van der Waals surface area contributed by atoms with E-state index in [1.165, 1.54) is 0 Å². The quantitative estimate of drug-likeness (QED) is 0.814. The minimum atomic E-state index is 0.727. The summed E-state index contributed by atoms with van der Waals surface area (Å²) < 4.78 is 0. The van der Waals surface area contributed by atoms with Crippen molar-refractivity contribution in [2.75, 3.05) is 19.0 Å². The molecule has 122 valence electrons. The number of aliphatic imine (C=N–C) groups is 1. The maximum Gasteiger partial charge on any atom is 0.0767 e. The lowest BCUT2D eigenvalue weighted by Gasteiger charge is -2.16. The molecule has 24 heavy (non-hydrogen) atoms. The summed E-state index contributed by atoms with van der Waals surface area (Å²) in [7, 11) is 4.02. The number of benzene rings is 2. The van der Waals surface area contributed by atoms with E-state index in [0.717, 1.165) is 45.2 Å². The zero-order valence-electron chi connectivity index (χ0n) is 13.9. The number of allylic oxidation sites excluding steroid dienone is 3. The first-order chi connectivity index (χ1) is 11.5. The average Bonchev–Trinajstić information content (AvgIpc) is 2.59. The molecule has 0 aromatic heterocycles. The summed E-state index contributed by atoms with van der Waals surface area (Å²) in [5.74, 6) is 0. The largest absolute Gasteiger partial charge is 0.398 e. The van der Waals surface area contributed by atoms with Crippen LogP contribution in [0, 0.1) is 0 Å². The summed E-state index contributed by atoms with van der Waals surface area (Å²) in [6.45, 7) is 0. The minimum Gasteiger partial charge on any atom is -0.398 e. The molecule has 0 saturated carbocycles. The highest BCUT2D eigenvalue weighted by atomic mass is 32.1. The van der Waals surface area contributed by atoms with E-state index in [4.69, 9.17) is 10.7 Å². The fourth-order valence-electron chi connectivity index (χ4n) is 2.62. The number of nitrogens with zero attached hydrogens (tertiary/aromatic N) is 2. The lowest BCUT2D eigenvalue weighted by Crippen LogP contribution is -2.09. The van der Waals surface area contributed by atoms with Crippen LogP contribution in [0.1, 0.15) is 12.0 Å². The van der Waals surface area contributed by atoms with Gasteiger partial charge in [0.25, 0.3) is 0 Å². The predicted molar refractivity (Wildman–Crippen MR) is 106 cm³/mol. The van der Waals surface area contributed by atoms with Crippen LogP contribution < -0.4 is 10.6 Å². The first kappa shape index (κ1) is 16.4. The van der Waals surface area contributed by atoms with Gasteiger partial charge in [0.2, 0.25) is 0 Å². The number of thiol groups is 1. The molecule has 0 unspecified atom stereocenters. The van der Waals surface area contributed by atoms with Crippen molar-refractivity contribution < 1.29 is 0 Å². The highest BCUT2D eigenvalue weighted by Gasteiger charge is 2.12. The number of rotatable bonds is 3. The number of hydrogen-bond acceptors (Lipinski definition) is 4. The van der Waals surface area contributed by atoms with Gasteiger partial charge in [0.15, 0.2) is 0 Å². The molecular weight excluding hydrogens is 314 g/mol. The summed E-state index contributed by atoms with van der Waals surface area (Å²) in [6, 6.07) is 16.2. The molecule has 0 spiro atoms. The number of nitrogens with two attached hydrogens (primary N) is 1. The highest BCUT2D eigenvalue weighted by Crippen LogP contribution is 2.30. The standard InChI is InChI=1S/C20H21N3S/c1-23(2)16-9-11-19(20(24)13-16)22-15-8-10-18(21)17(12-15)14-6-4-3-5-7-14/h3-7,9-13,24H,8,21H2,1-2H3. The van der Waals surface area contributed by atoms with Gasteiger partial charge < -0.3 is 10.6 Å². The van der Waals surface area contributed by atoms with Gasteiger partial charge in [-0.15, -0.1) is 12.6 Å². The van der Waals surface area contributed by atoms with Gasteiger partial charge in [-0.2, -0.15) is 0 Å². The average molecular weight is 335 g/mol. The molecule has 0 heterocycles. The van der Waals surface area contributed by atoms with Crippen molar-refractivity contribution in [3.05, 3.63) is 71.9 Å². The molecule has 2 aromatic carbocycles. The van der Waals surface area contributed by atoms with Gasteiger partial charge in [-0.1, -0.05) is 36.4 Å². The Morgan fingerprint density at radius 1 is 1.08 bits per heavy atom. The third-order valence-electron chi connectivity index (χ3n) is 3.98. The molecule has 0 radical (unpaired) electrons. The Morgan fingerprint density at radius 3 is 2.50 bits per heavy atom. The van der Waals surface area contributed by atoms with Gasteiger partial charge in [-0.05, 0) is 29.8 Å². The molecule has 2 N–H and O–H groups in total. The van der Waals surface area contributed by atoms with Crippen molar-refractivity contribution in [1.82, 2.24) is 0 Å². The normalized spacial score (nSPS) is 15.9. The Kier molecular flexibility index (Phi) is 4.76. The fraction of sp³-hybridized carbons (Fsp3) is 0.150. The smallest absolute Gasteiger partial charge is 0.0767 e. The first-order valence-electron chi connectivity index (χ1n) is 7.85. The molecule has 2 aromatic rings. The molecule has 4 heteroatoms. The van der Waals surface area contributed by atoms with Gasteiger partial charge in [0, 0.05) is 48.1 Å². The second-order valence-corrected chi connectivity index (χ2v) is 6.44. The zero-order valence-corrected chi connectivity index (χ0v) is 14.8. The van der Waals surface area contributed by atoms with Gasteiger partial charge >= 0.3 is 0 Å². The maximum atomic E-state index is 6.17. The van der Waals surface area contributed by atoms with E-state index in [2.05, 4.69) is 30.8 Å². The van der Waals surface area contributed by atoms with Crippen molar-refractivity contribution in [2.24, 2.45) is 10.7 Å². The summed E-state index contributed by atoms with van der Waals surface area (Å²) in [6.07, 6.45) is 4.82. The van der Waals surface area contributed by atoms with Crippen molar-refractivity contribution in [2.45, 2.75) is 11.3 Å². The van der Waals surface area contributed by atoms with Crippen molar-refractivity contribution in [1.29, 1.82) is 0 Å². The van der Waals surface area contributed by atoms with Crippen LogP contribution in [0.25, 0.3) is 5.57 Å². The lowest BCUT2D eigenvalue weighted by atomic mass is 9.95. The van der Waals surface area contributed by atoms with Crippen molar-refractivity contribution in [3.8, 4) is 0 Å². The second-order valence-electron chi connectivity index (χ2n) is 5.96. The van der Waals surface area contributed by atoms with Crippen LogP contribution in [0.4, 0.5) is 11.4 Å². The molecule has 0 bridgehead atoms. The summed E-state index contributed by atoms with van der Waals surface area (Å²) in [4.78, 5) is 7.69. The molecule has 0 aliphatic heterocycles. The van der Waals surface area contributed by atoms with E-state index in [1.54, 1.807) is 0 Å². The van der Waals surface area contributed by atoms with E-state index in [-0.39, 0.29) is 0 Å². The van der Waals surface area contributed by atoms with E-state index >= 15 is 0 Å². The summed E-state index contributed by atoms with van der Waals surface area (Å²) in [5.41, 5.74) is 12.1. The topological polar surface area (TPSA) is 41.6 Å². The number of anilines is 1. The van der Waals surface area contributed by atoms with E-state index in [1.807, 2.05) is 61.5 Å². The highest BCUT2D eigenvalue weighted by molar-refractivity contribution is 7.80. The molecule has 0 saturated heterocycles. The predicted octanol–water partition coefficient (Wildman–Crippen LogP) is 4.44. The van der Waals surface area contributed by atoms with Crippen LogP contribution in [0.2, 0.25) is 0 Å². The summed E-state index contributed by atoms with van der Waals surface area (Å²) in [5, 5.41) is 0. The van der Waals surface area contributed by atoms with E-state index in [0.29, 0.717) is 0 Å². The molecule has 1 aliphatic rings. The van der Waals surface area contributed by atoms with Gasteiger partial charge in [0.05, 0.1) is 5.69 Å². The first-order valence-corrected chi connectivity index (χ1v) is 8.30. The fourth-order valence-corrected chi connectivity index (χ4v) is 2.88. The molecule has 3 rings (SSSR count). The lowest BCUT2D eigenvalue weighted by molar-refractivity contribution is 1.12. The Morgan fingerprint density at radius 2 is 1.83 bits per heavy atom. The molecule has 0 amide bonds. The third kappa shape index (κ3) is 3.54. The van der Waals surface area contributed by atoms with Gasteiger partial charge in [-0.25, -0.2) is 0 Å². The van der Waals surface area contributed by atoms with E-state index < -0.39 is 0 Å². The molecule has 1 aliphatic carbocycles.